The second kappa shape index (κ2) is 6.61. The molecule has 0 saturated heterocycles. The third kappa shape index (κ3) is 3.09. The lowest BCUT2D eigenvalue weighted by Gasteiger charge is -2.17. The maximum Gasteiger partial charge on any atom is 0.329 e. The van der Waals surface area contributed by atoms with E-state index in [1.54, 1.807) is 0 Å². The number of fused-ring (bicyclic) bond motifs is 1. The van der Waals surface area contributed by atoms with Gasteiger partial charge >= 0.3 is 5.97 Å². The van der Waals surface area contributed by atoms with E-state index in [1.165, 1.54) is 20.0 Å². The minimum Gasteiger partial charge on any atom is -0.468 e. The average Bonchev–Trinajstić information content (AvgIpc) is 3.08. The summed E-state index contributed by atoms with van der Waals surface area (Å²) in [5.41, 5.74) is 1.73. The maximum absolute atomic E-state index is 11.9. The van der Waals surface area contributed by atoms with Crippen LogP contribution in [-0.2, 0) is 9.53 Å². The predicted octanol–water partition coefficient (Wildman–Crippen LogP) is 2.76. The van der Waals surface area contributed by atoms with Crippen LogP contribution in [0.2, 0.25) is 0 Å². The van der Waals surface area contributed by atoms with Gasteiger partial charge in [-0.05, 0) is 25.0 Å². The van der Waals surface area contributed by atoms with E-state index in [4.69, 9.17) is 4.74 Å². The molecule has 0 unspecified atom stereocenters. The van der Waals surface area contributed by atoms with Gasteiger partial charge in [-0.1, -0.05) is 25.0 Å². The summed E-state index contributed by atoms with van der Waals surface area (Å²) in [7, 11) is 1.27. The fourth-order valence-electron chi connectivity index (χ4n) is 2.93. The number of para-hydroxylation sites is 2. The fraction of sp³-hybridized carbons (Fsp3) is 0.412. The van der Waals surface area contributed by atoms with Crippen LogP contribution < -0.4 is 5.32 Å². The molecule has 1 heterocycles. The molecule has 6 heteroatoms. The Morgan fingerprint density at radius 1 is 1.30 bits per heavy atom. The summed E-state index contributed by atoms with van der Waals surface area (Å²) in [5, 5.41) is 12.8. The van der Waals surface area contributed by atoms with E-state index < -0.39 is 11.9 Å². The Hall–Kier alpha value is -2.68. The zero-order valence-electron chi connectivity index (χ0n) is 13.0. The molecule has 1 saturated carbocycles. The van der Waals surface area contributed by atoms with Gasteiger partial charge in [-0.3, -0.25) is 4.79 Å². The SMILES string of the molecule is COC(=O)[C@H](C#N)c1nc2ccccc2nc1NC1CCCC1. The highest BCUT2D eigenvalue weighted by atomic mass is 16.5. The molecule has 118 valence electrons. The van der Waals surface area contributed by atoms with Crippen molar-refractivity contribution in [3.8, 4) is 6.07 Å². The van der Waals surface area contributed by atoms with Crippen LogP contribution >= 0.6 is 0 Å². The van der Waals surface area contributed by atoms with E-state index in [1.807, 2.05) is 30.3 Å². The molecule has 2 aromatic rings. The van der Waals surface area contributed by atoms with Crippen LogP contribution in [0.4, 0.5) is 5.82 Å². The van der Waals surface area contributed by atoms with Crippen LogP contribution in [0.5, 0.6) is 0 Å². The number of aromatic nitrogens is 2. The highest BCUT2D eigenvalue weighted by molar-refractivity contribution is 5.84. The molecule has 3 rings (SSSR count). The van der Waals surface area contributed by atoms with Gasteiger partial charge in [0.1, 0.15) is 5.69 Å². The number of ether oxygens (including phenoxy) is 1. The van der Waals surface area contributed by atoms with E-state index >= 15 is 0 Å². The van der Waals surface area contributed by atoms with Crippen LogP contribution in [0.25, 0.3) is 11.0 Å². The van der Waals surface area contributed by atoms with Gasteiger partial charge in [-0.2, -0.15) is 5.26 Å². The molecule has 1 fully saturated rings. The van der Waals surface area contributed by atoms with Crippen molar-refractivity contribution in [3.05, 3.63) is 30.0 Å². The van der Waals surface area contributed by atoms with Gasteiger partial charge in [0.15, 0.2) is 11.7 Å². The quantitative estimate of drug-likeness (QED) is 0.874. The summed E-state index contributed by atoms with van der Waals surface area (Å²) in [5.74, 6) is -1.19. The van der Waals surface area contributed by atoms with Crippen LogP contribution in [0.1, 0.15) is 37.3 Å². The summed E-state index contributed by atoms with van der Waals surface area (Å²) >= 11 is 0. The predicted molar refractivity (Wildman–Crippen MR) is 85.8 cm³/mol. The zero-order valence-corrected chi connectivity index (χ0v) is 13.0. The Morgan fingerprint density at radius 2 is 1.96 bits per heavy atom. The monoisotopic (exact) mass is 310 g/mol. The third-order valence-corrected chi connectivity index (χ3v) is 4.13. The molecule has 0 radical (unpaired) electrons. The lowest BCUT2D eigenvalue weighted by Crippen LogP contribution is -2.21. The number of nitrogens with zero attached hydrogens (tertiary/aromatic N) is 3. The maximum atomic E-state index is 11.9. The number of benzene rings is 1. The van der Waals surface area contributed by atoms with Crippen molar-refractivity contribution < 1.29 is 9.53 Å². The summed E-state index contributed by atoms with van der Waals surface area (Å²) in [6.07, 6.45) is 4.46. The second-order valence-corrected chi connectivity index (χ2v) is 5.66. The fourth-order valence-corrected chi connectivity index (χ4v) is 2.93. The Bertz CT molecular complexity index is 763. The van der Waals surface area contributed by atoms with Gasteiger partial charge in [-0.25, -0.2) is 9.97 Å². The van der Waals surface area contributed by atoms with Gasteiger partial charge in [0, 0.05) is 6.04 Å². The number of nitriles is 1. The summed E-state index contributed by atoms with van der Waals surface area (Å²) < 4.78 is 4.74. The molecule has 1 aliphatic rings. The highest BCUT2D eigenvalue weighted by Crippen LogP contribution is 2.28. The lowest BCUT2D eigenvalue weighted by atomic mass is 10.1. The molecule has 1 aliphatic carbocycles. The standard InChI is InChI=1S/C17H18N4O2/c1-23-17(22)12(10-18)15-16(19-11-6-2-3-7-11)21-14-9-5-4-8-13(14)20-15/h4-5,8-9,11-12H,2-3,6-7H2,1H3,(H,19,21)/t12-/m1/s1. The van der Waals surface area contributed by atoms with Crippen molar-refractivity contribution in [1.29, 1.82) is 5.26 Å². The lowest BCUT2D eigenvalue weighted by molar-refractivity contribution is -0.141. The van der Waals surface area contributed by atoms with Crippen LogP contribution in [0.15, 0.2) is 24.3 Å². The number of hydrogen-bond donors (Lipinski definition) is 1. The molecule has 6 nitrogen and oxygen atoms in total. The number of carbonyl (C=O) groups excluding carboxylic acids is 1. The van der Waals surface area contributed by atoms with Gasteiger partial charge < -0.3 is 10.1 Å². The molecule has 0 bridgehead atoms. The number of hydrogen-bond acceptors (Lipinski definition) is 6. The van der Waals surface area contributed by atoms with Gasteiger partial charge in [0.2, 0.25) is 0 Å². The van der Waals surface area contributed by atoms with Crippen molar-refractivity contribution in [1.82, 2.24) is 9.97 Å². The largest absolute Gasteiger partial charge is 0.468 e. The Kier molecular flexibility index (Phi) is 4.38. The second-order valence-electron chi connectivity index (χ2n) is 5.66. The number of rotatable bonds is 4. The molecule has 23 heavy (non-hydrogen) atoms. The normalized spacial score (nSPS) is 16.0. The van der Waals surface area contributed by atoms with Crippen molar-refractivity contribution in [2.75, 3.05) is 12.4 Å². The minimum absolute atomic E-state index is 0.307. The van der Waals surface area contributed by atoms with E-state index in [0.717, 1.165) is 18.4 Å². The molecule has 0 spiro atoms. The van der Waals surface area contributed by atoms with Gasteiger partial charge in [-0.15, -0.1) is 0 Å². The summed E-state index contributed by atoms with van der Waals surface area (Å²) in [6, 6.07) is 9.71. The highest BCUT2D eigenvalue weighted by Gasteiger charge is 2.28. The van der Waals surface area contributed by atoms with E-state index in [-0.39, 0.29) is 0 Å². The van der Waals surface area contributed by atoms with Gasteiger partial charge in [0.05, 0.1) is 24.2 Å². The van der Waals surface area contributed by atoms with Crippen molar-refractivity contribution >= 4 is 22.8 Å². The van der Waals surface area contributed by atoms with Crippen molar-refractivity contribution in [2.45, 2.75) is 37.6 Å². The molecule has 1 atom stereocenters. The number of nitrogens with one attached hydrogen (secondary N) is 1. The molecule has 0 aliphatic heterocycles. The van der Waals surface area contributed by atoms with E-state index in [9.17, 15) is 10.1 Å². The minimum atomic E-state index is -1.08. The molecule has 1 N–H and O–H groups in total. The topological polar surface area (TPSA) is 87.9 Å². The third-order valence-electron chi connectivity index (χ3n) is 4.13. The first-order valence-corrected chi connectivity index (χ1v) is 7.73. The molecule has 1 aromatic heterocycles. The first-order chi connectivity index (χ1) is 11.2. The number of carbonyl (C=O) groups is 1. The summed E-state index contributed by atoms with van der Waals surface area (Å²) in [4.78, 5) is 21.0. The molecule has 0 amide bonds. The van der Waals surface area contributed by atoms with Crippen LogP contribution in [-0.4, -0.2) is 29.1 Å². The number of esters is 1. The number of methoxy groups -OCH3 is 1. The Labute approximate surface area is 134 Å². The average molecular weight is 310 g/mol. The Balaban J connectivity index is 2.08. The first-order valence-electron chi connectivity index (χ1n) is 7.73. The van der Waals surface area contributed by atoms with Crippen LogP contribution in [0.3, 0.4) is 0 Å². The van der Waals surface area contributed by atoms with Crippen LogP contribution in [0, 0.1) is 11.3 Å². The Morgan fingerprint density at radius 3 is 2.57 bits per heavy atom. The first kappa shape index (κ1) is 15.2. The van der Waals surface area contributed by atoms with E-state index in [0.29, 0.717) is 23.1 Å². The van der Waals surface area contributed by atoms with Crippen molar-refractivity contribution in [2.24, 2.45) is 0 Å². The van der Waals surface area contributed by atoms with Crippen molar-refractivity contribution in [3.63, 3.8) is 0 Å². The smallest absolute Gasteiger partial charge is 0.329 e. The number of anilines is 1. The van der Waals surface area contributed by atoms with Gasteiger partial charge in [0.25, 0.3) is 0 Å². The summed E-state index contributed by atoms with van der Waals surface area (Å²) in [6.45, 7) is 0. The molecule has 1 aromatic carbocycles. The van der Waals surface area contributed by atoms with E-state index in [2.05, 4.69) is 15.3 Å². The zero-order chi connectivity index (χ0) is 16.2. The molecular weight excluding hydrogens is 292 g/mol. The molecular formula is C17H18N4O2.